The number of fused-ring (bicyclic) bond motifs is 1. The maximum Gasteiger partial charge on any atom is 0.160 e. The van der Waals surface area contributed by atoms with E-state index in [1.54, 1.807) is 6.92 Å². The molecule has 2 rings (SSSR count). The summed E-state index contributed by atoms with van der Waals surface area (Å²) in [7, 11) is 0. The molecular formula is C15H16O2. The van der Waals surface area contributed by atoms with Crippen LogP contribution < -0.4 is 4.74 Å². The SMILES string of the molecule is CC(=O)c1cccc2ccc(OC(C)C)cc12. The first-order valence-electron chi connectivity index (χ1n) is 5.78. The van der Waals surface area contributed by atoms with Crippen molar-refractivity contribution in [3.8, 4) is 5.75 Å². The monoisotopic (exact) mass is 228 g/mol. The van der Waals surface area contributed by atoms with Gasteiger partial charge in [-0.1, -0.05) is 24.3 Å². The summed E-state index contributed by atoms with van der Waals surface area (Å²) in [6, 6.07) is 11.6. The van der Waals surface area contributed by atoms with Crippen LogP contribution in [0.25, 0.3) is 10.8 Å². The van der Waals surface area contributed by atoms with E-state index >= 15 is 0 Å². The lowest BCUT2D eigenvalue weighted by molar-refractivity contribution is 0.101. The smallest absolute Gasteiger partial charge is 0.160 e. The van der Waals surface area contributed by atoms with E-state index in [1.165, 1.54) is 0 Å². The van der Waals surface area contributed by atoms with Gasteiger partial charge in [0.25, 0.3) is 0 Å². The Balaban J connectivity index is 2.57. The summed E-state index contributed by atoms with van der Waals surface area (Å²) in [6.45, 7) is 5.56. The van der Waals surface area contributed by atoms with Crippen LogP contribution in [0.2, 0.25) is 0 Å². The largest absolute Gasteiger partial charge is 0.491 e. The molecule has 88 valence electrons. The molecular weight excluding hydrogens is 212 g/mol. The van der Waals surface area contributed by atoms with Crippen LogP contribution in [0.3, 0.4) is 0 Å². The first kappa shape index (κ1) is 11.6. The fourth-order valence-corrected chi connectivity index (χ4v) is 1.90. The molecule has 0 unspecified atom stereocenters. The van der Waals surface area contributed by atoms with E-state index < -0.39 is 0 Å². The molecule has 0 saturated carbocycles. The molecule has 0 N–H and O–H groups in total. The Morgan fingerprint density at radius 2 is 1.94 bits per heavy atom. The highest BCUT2D eigenvalue weighted by Crippen LogP contribution is 2.25. The Bertz CT molecular complexity index is 556. The molecule has 0 spiro atoms. The van der Waals surface area contributed by atoms with Gasteiger partial charge in [0.15, 0.2) is 5.78 Å². The van der Waals surface area contributed by atoms with Gasteiger partial charge in [0.1, 0.15) is 5.75 Å². The molecule has 2 aromatic rings. The summed E-state index contributed by atoms with van der Waals surface area (Å²) in [5.41, 5.74) is 0.747. The molecule has 17 heavy (non-hydrogen) atoms. The van der Waals surface area contributed by atoms with E-state index in [-0.39, 0.29) is 11.9 Å². The molecule has 0 radical (unpaired) electrons. The lowest BCUT2D eigenvalue weighted by Gasteiger charge is -2.11. The molecule has 2 aromatic carbocycles. The Kier molecular flexibility index (Phi) is 3.14. The topological polar surface area (TPSA) is 26.3 Å². The van der Waals surface area contributed by atoms with E-state index in [0.717, 1.165) is 22.1 Å². The summed E-state index contributed by atoms with van der Waals surface area (Å²) in [6.07, 6.45) is 0.136. The second-order valence-corrected chi connectivity index (χ2v) is 4.41. The molecule has 2 nitrogen and oxygen atoms in total. The standard InChI is InChI=1S/C15H16O2/c1-10(2)17-13-8-7-12-5-4-6-14(11(3)16)15(12)9-13/h4-10H,1-3H3. The van der Waals surface area contributed by atoms with Crippen molar-refractivity contribution in [2.75, 3.05) is 0 Å². The molecule has 0 heterocycles. The van der Waals surface area contributed by atoms with Gasteiger partial charge >= 0.3 is 0 Å². The summed E-state index contributed by atoms with van der Waals surface area (Å²) in [5, 5.41) is 2.02. The van der Waals surface area contributed by atoms with Gasteiger partial charge in [-0.2, -0.15) is 0 Å². The number of rotatable bonds is 3. The summed E-state index contributed by atoms with van der Waals surface area (Å²) < 4.78 is 5.65. The maximum absolute atomic E-state index is 11.6. The average molecular weight is 228 g/mol. The van der Waals surface area contributed by atoms with Gasteiger partial charge in [-0.25, -0.2) is 0 Å². The molecule has 0 aromatic heterocycles. The van der Waals surface area contributed by atoms with E-state index in [9.17, 15) is 4.79 Å². The van der Waals surface area contributed by atoms with Crippen LogP contribution >= 0.6 is 0 Å². The van der Waals surface area contributed by atoms with Crippen LogP contribution in [0, 0.1) is 0 Å². The van der Waals surface area contributed by atoms with Crippen molar-refractivity contribution in [2.45, 2.75) is 26.9 Å². The minimum absolute atomic E-state index is 0.0808. The first-order chi connectivity index (χ1) is 8.08. The van der Waals surface area contributed by atoms with Crippen molar-refractivity contribution in [1.82, 2.24) is 0 Å². The van der Waals surface area contributed by atoms with Crippen LogP contribution in [0.15, 0.2) is 36.4 Å². The molecule has 0 atom stereocenters. The number of hydrogen-bond donors (Lipinski definition) is 0. The normalized spacial score (nSPS) is 10.8. The highest BCUT2D eigenvalue weighted by molar-refractivity contribution is 6.07. The van der Waals surface area contributed by atoms with E-state index in [2.05, 4.69) is 0 Å². The minimum atomic E-state index is 0.0808. The lowest BCUT2D eigenvalue weighted by Crippen LogP contribution is -2.05. The number of hydrogen-bond acceptors (Lipinski definition) is 2. The molecule has 0 bridgehead atoms. The summed E-state index contributed by atoms with van der Waals surface area (Å²) in [4.78, 5) is 11.6. The molecule has 0 aliphatic carbocycles. The Morgan fingerprint density at radius 3 is 2.59 bits per heavy atom. The molecule has 0 amide bonds. The quantitative estimate of drug-likeness (QED) is 0.746. The fraction of sp³-hybridized carbons (Fsp3) is 0.267. The van der Waals surface area contributed by atoms with Gasteiger partial charge in [-0.05, 0) is 43.7 Å². The second-order valence-electron chi connectivity index (χ2n) is 4.41. The van der Waals surface area contributed by atoms with E-state index in [0.29, 0.717) is 0 Å². The summed E-state index contributed by atoms with van der Waals surface area (Å²) >= 11 is 0. The number of Topliss-reactive ketones (excluding diaryl/α,β-unsaturated/α-hetero) is 1. The van der Waals surface area contributed by atoms with Gasteiger partial charge < -0.3 is 4.74 Å². The molecule has 0 aliphatic heterocycles. The minimum Gasteiger partial charge on any atom is -0.491 e. The van der Waals surface area contributed by atoms with E-state index in [1.807, 2.05) is 50.2 Å². The lowest BCUT2D eigenvalue weighted by atomic mass is 10.0. The number of ether oxygens (including phenoxy) is 1. The number of carbonyl (C=O) groups excluding carboxylic acids is 1. The van der Waals surface area contributed by atoms with Gasteiger partial charge in [-0.3, -0.25) is 4.79 Å². The fourth-order valence-electron chi connectivity index (χ4n) is 1.90. The Hall–Kier alpha value is -1.83. The predicted molar refractivity (Wildman–Crippen MR) is 69.7 cm³/mol. The number of carbonyl (C=O) groups is 1. The molecule has 0 aliphatic rings. The van der Waals surface area contributed by atoms with Crippen LogP contribution in [-0.2, 0) is 0 Å². The zero-order valence-electron chi connectivity index (χ0n) is 10.4. The van der Waals surface area contributed by atoms with Crippen molar-refractivity contribution in [2.24, 2.45) is 0 Å². The molecule has 2 heteroatoms. The van der Waals surface area contributed by atoms with Crippen molar-refractivity contribution < 1.29 is 9.53 Å². The predicted octanol–water partition coefficient (Wildman–Crippen LogP) is 3.83. The Morgan fingerprint density at radius 1 is 1.18 bits per heavy atom. The van der Waals surface area contributed by atoms with Crippen LogP contribution in [0.5, 0.6) is 5.75 Å². The zero-order valence-corrected chi connectivity index (χ0v) is 10.4. The van der Waals surface area contributed by atoms with Gasteiger partial charge in [0, 0.05) is 5.56 Å². The highest BCUT2D eigenvalue weighted by atomic mass is 16.5. The zero-order chi connectivity index (χ0) is 12.4. The maximum atomic E-state index is 11.6. The van der Waals surface area contributed by atoms with Crippen molar-refractivity contribution >= 4 is 16.6 Å². The Labute approximate surface area is 101 Å². The first-order valence-corrected chi connectivity index (χ1v) is 5.78. The number of ketones is 1. The average Bonchev–Trinajstić information content (AvgIpc) is 2.27. The van der Waals surface area contributed by atoms with Gasteiger partial charge in [-0.15, -0.1) is 0 Å². The molecule has 0 saturated heterocycles. The third-order valence-corrected chi connectivity index (χ3v) is 2.60. The third kappa shape index (κ3) is 2.47. The van der Waals surface area contributed by atoms with Crippen molar-refractivity contribution in [3.63, 3.8) is 0 Å². The van der Waals surface area contributed by atoms with E-state index in [4.69, 9.17) is 4.74 Å². The van der Waals surface area contributed by atoms with Crippen LogP contribution in [0.1, 0.15) is 31.1 Å². The van der Waals surface area contributed by atoms with Crippen molar-refractivity contribution in [3.05, 3.63) is 42.0 Å². The molecule has 0 fully saturated rings. The van der Waals surface area contributed by atoms with Crippen LogP contribution in [0.4, 0.5) is 0 Å². The third-order valence-electron chi connectivity index (χ3n) is 2.60. The van der Waals surface area contributed by atoms with Crippen LogP contribution in [-0.4, -0.2) is 11.9 Å². The summed E-state index contributed by atoms with van der Waals surface area (Å²) in [5.74, 6) is 0.887. The van der Waals surface area contributed by atoms with Gasteiger partial charge in [0.2, 0.25) is 0 Å². The number of benzene rings is 2. The highest BCUT2D eigenvalue weighted by Gasteiger charge is 2.07. The van der Waals surface area contributed by atoms with Gasteiger partial charge in [0.05, 0.1) is 6.10 Å². The van der Waals surface area contributed by atoms with Crippen molar-refractivity contribution in [1.29, 1.82) is 0 Å². The second kappa shape index (κ2) is 4.58.